The summed E-state index contributed by atoms with van der Waals surface area (Å²) < 4.78 is 32.5. The summed E-state index contributed by atoms with van der Waals surface area (Å²) in [5.74, 6) is -0.172. The van der Waals surface area contributed by atoms with Crippen molar-refractivity contribution in [1.29, 1.82) is 0 Å². The molecule has 0 aromatic heterocycles. The Morgan fingerprint density at radius 2 is 1.79 bits per heavy atom. The van der Waals surface area contributed by atoms with Crippen LogP contribution in [0.2, 0.25) is 0 Å². The normalized spacial score (nSPS) is 16.9. The molecule has 0 radical (unpaired) electrons. The highest BCUT2D eigenvalue weighted by atomic mass is 79.9. The number of hydrogen-bond donors (Lipinski definition) is 0. The van der Waals surface area contributed by atoms with Crippen LogP contribution in [0.15, 0.2) is 33.6 Å². The average Bonchev–Trinajstić information content (AvgIpc) is 2.56. The van der Waals surface area contributed by atoms with Gasteiger partial charge in [0.1, 0.15) is 0 Å². The van der Waals surface area contributed by atoms with Crippen molar-refractivity contribution in [2.24, 2.45) is 0 Å². The summed E-state index contributed by atoms with van der Waals surface area (Å²) in [4.78, 5) is 13.8. The maximum atomic E-state index is 12.6. The molecular formula is C16H23BrN2O4S. The van der Waals surface area contributed by atoms with Crippen LogP contribution in [0.5, 0.6) is 0 Å². The molecule has 1 aromatic rings. The number of carbonyl (C=O) groups excluding carboxylic acids is 1. The fourth-order valence-corrected chi connectivity index (χ4v) is 4.32. The van der Waals surface area contributed by atoms with Gasteiger partial charge in [0.05, 0.1) is 11.5 Å². The predicted octanol–water partition coefficient (Wildman–Crippen LogP) is 2.10. The van der Waals surface area contributed by atoms with Crippen molar-refractivity contribution >= 4 is 31.9 Å². The molecule has 8 heteroatoms. The van der Waals surface area contributed by atoms with Gasteiger partial charge in [0.25, 0.3) is 0 Å². The molecule has 2 rings (SSSR count). The van der Waals surface area contributed by atoms with Gasteiger partial charge in [0, 0.05) is 37.1 Å². The van der Waals surface area contributed by atoms with E-state index in [9.17, 15) is 13.2 Å². The van der Waals surface area contributed by atoms with E-state index in [4.69, 9.17) is 4.74 Å². The molecule has 0 spiro atoms. The summed E-state index contributed by atoms with van der Waals surface area (Å²) >= 11 is 3.31. The van der Waals surface area contributed by atoms with Crippen LogP contribution in [0.4, 0.5) is 0 Å². The molecular weight excluding hydrogens is 396 g/mol. The Hall–Kier alpha value is -0.960. The maximum absolute atomic E-state index is 12.6. The quantitative estimate of drug-likeness (QED) is 0.634. The standard InChI is InChI=1S/C16H23BrN2O4S/c1-2-23-16(20)4-3-9-18-10-12-19(13-11-18)24(21,22)15-7-5-14(17)6-8-15/h5-8H,2-4,9-13H2,1H3. The Labute approximate surface area is 151 Å². The monoisotopic (exact) mass is 418 g/mol. The van der Waals surface area contributed by atoms with Crippen LogP contribution in [0.1, 0.15) is 19.8 Å². The molecule has 0 saturated carbocycles. The molecule has 0 unspecified atom stereocenters. The molecule has 0 aliphatic carbocycles. The maximum Gasteiger partial charge on any atom is 0.305 e. The second-order valence-electron chi connectivity index (χ2n) is 5.61. The second-order valence-corrected chi connectivity index (χ2v) is 8.46. The smallest absolute Gasteiger partial charge is 0.305 e. The molecule has 0 atom stereocenters. The van der Waals surface area contributed by atoms with Crippen molar-refractivity contribution < 1.29 is 17.9 Å². The van der Waals surface area contributed by atoms with Crippen LogP contribution in [-0.4, -0.2) is 62.9 Å². The van der Waals surface area contributed by atoms with Gasteiger partial charge in [-0.05, 0) is 44.2 Å². The van der Waals surface area contributed by atoms with Crippen molar-refractivity contribution in [3.63, 3.8) is 0 Å². The van der Waals surface area contributed by atoms with Gasteiger partial charge < -0.3 is 9.64 Å². The average molecular weight is 419 g/mol. The molecule has 1 aromatic carbocycles. The lowest BCUT2D eigenvalue weighted by atomic mass is 10.2. The van der Waals surface area contributed by atoms with Crippen LogP contribution in [0.3, 0.4) is 0 Å². The van der Waals surface area contributed by atoms with E-state index in [2.05, 4.69) is 20.8 Å². The number of sulfonamides is 1. The van der Waals surface area contributed by atoms with Crippen molar-refractivity contribution in [1.82, 2.24) is 9.21 Å². The van der Waals surface area contributed by atoms with E-state index in [1.165, 1.54) is 4.31 Å². The number of carbonyl (C=O) groups is 1. The topological polar surface area (TPSA) is 66.9 Å². The minimum Gasteiger partial charge on any atom is -0.466 e. The number of rotatable bonds is 7. The summed E-state index contributed by atoms with van der Waals surface area (Å²) in [6.07, 6.45) is 1.14. The number of nitrogens with zero attached hydrogens (tertiary/aromatic N) is 2. The Morgan fingerprint density at radius 3 is 2.38 bits per heavy atom. The second kappa shape index (κ2) is 8.94. The highest BCUT2D eigenvalue weighted by molar-refractivity contribution is 9.10. The Bertz CT molecular complexity index is 641. The van der Waals surface area contributed by atoms with Gasteiger partial charge in [-0.3, -0.25) is 4.79 Å². The molecule has 1 aliphatic heterocycles. The number of piperazine rings is 1. The highest BCUT2D eigenvalue weighted by Crippen LogP contribution is 2.20. The van der Waals surface area contributed by atoms with E-state index in [-0.39, 0.29) is 5.97 Å². The van der Waals surface area contributed by atoms with Crippen LogP contribution in [0, 0.1) is 0 Å². The third kappa shape index (κ3) is 5.27. The van der Waals surface area contributed by atoms with Crippen LogP contribution >= 0.6 is 15.9 Å². The fourth-order valence-electron chi connectivity index (χ4n) is 2.63. The van der Waals surface area contributed by atoms with Crippen LogP contribution in [-0.2, 0) is 19.6 Å². The van der Waals surface area contributed by atoms with Crippen molar-refractivity contribution in [3.8, 4) is 0 Å². The third-order valence-corrected chi connectivity index (χ3v) is 6.38. The summed E-state index contributed by atoms with van der Waals surface area (Å²) in [5.41, 5.74) is 0. The predicted molar refractivity (Wildman–Crippen MR) is 95.2 cm³/mol. The third-order valence-electron chi connectivity index (χ3n) is 3.94. The molecule has 6 nitrogen and oxygen atoms in total. The zero-order valence-electron chi connectivity index (χ0n) is 13.8. The van der Waals surface area contributed by atoms with Gasteiger partial charge in [-0.25, -0.2) is 8.42 Å². The van der Waals surface area contributed by atoms with Gasteiger partial charge in [-0.1, -0.05) is 15.9 Å². The SMILES string of the molecule is CCOC(=O)CCCN1CCN(S(=O)(=O)c2ccc(Br)cc2)CC1. The summed E-state index contributed by atoms with van der Waals surface area (Å²) in [6, 6.07) is 6.70. The molecule has 1 saturated heterocycles. The first-order valence-corrected chi connectivity index (χ1v) is 10.3. The molecule has 24 heavy (non-hydrogen) atoms. The number of ether oxygens (including phenoxy) is 1. The van der Waals surface area contributed by atoms with E-state index in [0.29, 0.717) is 44.1 Å². The summed E-state index contributed by atoms with van der Waals surface area (Å²) in [6.45, 7) is 5.28. The molecule has 0 bridgehead atoms. The highest BCUT2D eigenvalue weighted by Gasteiger charge is 2.28. The van der Waals surface area contributed by atoms with Gasteiger partial charge in [-0.2, -0.15) is 4.31 Å². The first-order chi connectivity index (χ1) is 11.4. The largest absolute Gasteiger partial charge is 0.466 e. The number of halogens is 1. The van der Waals surface area contributed by atoms with Crippen molar-refractivity contribution in [3.05, 3.63) is 28.7 Å². The summed E-state index contributed by atoms with van der Waals surface area (Å²) in [5, 5.41) is 0. The Kier molecular flexibility index (Phi) is 7.21. The van der Waals surface area contributed by atoms with Gasteiger partial charge >= 0.3 is 5.97 Å². The number of hydrogen-bond acceptors (Lipinski definition) is 5. The van der Waals surface area contributed by atoms with Gasteiger partial charge in [0.2, 0.25) is 10.0 Å². The van der Waals surface area contributed by atoms with E-state index < -0.39 is 10.0 Å². The van der Waals surface area contributed by atoms with E-state index >= 15 is 0 Å². The Balaban J connectivity index is 1.81. The summed E-state index contributed by atoms with van der Waals surface area (Å²) in [7, 11) is -3.43. The zero-order valence-corrected chi connectivity index (χ0v) is 16.2. The van der Waals surface area contributed by atoms with E-state index in [1.54, 1.807) is 31.2 Å². The molecule has 1 fully saturated rings. The first-order valence-electron chi connectivity index (χ1n) is 8.07. The van der Waals surface area contributed by atoms with Crippen molar-refractivity contribution in [2.75, 3.05) is 39.3 Å². The molecule has 1 aliphatic rings. The van der Waals surface area contributed by atoms with Crippen molar-refractivity contribution in [2.45, 2.75) is 24.7 Å². The first kappa shape index (κ1) is 19.4. The van der Waals surface area contributed by atoms with Gasteiger partial charge in [0.15, 0.2) is 0 Å². The lowest BCUT2D eigenvalue weighted by Gasteiger charge is -2.33. The minimum atomic E-state index is -3.43. The van der Waals surface area contributed by atoms with E-state index in [0.717, 1.165) is 17.4 Å². The zero-order chi connectivity index (χ0) is 17.6. The molecule has 1 heterocycles. The molecule has 134 valence electrons. The molecule has 0 N–H and O–H groups in total. The molecule has 0 amide bonds. The fraction of sp³-hybridized carbons (Fsp3) is 0.562. The van der Waals surface area contributed by atoms with Gasteiger partial charge in [-0.15, -0.1) is 0 Å². The number of esters is 1. The van der Waals surface area contributed by atoms with E-state index in [1.807, 2.05) is 0 Å². The lowest BCUT2D eigenvalue weighted by Crippen LogP contribution is -2.48. The Morgan fingerprint density at radius 1 is 1.17 bits per heavy atom. The minimum absolute atomic E-state index is 0.172. The van der Waals surface area contributed by atoms with Crippen LogP contribution in [0.25, 0.3) is 0 Å². The van der Waals surface area contributed by atoms with Crippen LogP contribution < -0.4 is 0 Å². The number of benzene rings is 1. The lowest BCUT2D eigenvalue weighted by molar-refractivity contribution is -0.143.